The van der Waals surface area contributed by atoms with Gasteiger partial charge in [0, 0.05) is 18.8 Å². The van der Waals surface area contributed by atoms with Crippen molar-refractivity contribution in [2.24, 2.45) is 0 Å². The first kappa shape index (κ1) is 18.9. The summed E-state index contributed by atoms with van der Waals surface area (Å²) in [6.07, 6.45) is 8.98. The first-order valence-corrected chi connectivity index (χ1v) is 8.96. The van der Waals surface area contributed by atoms with E-state index in [0.717, 1.165) is 16.9 Å². The summed E-state index contributed by atoms with van der Waals surface area (Å²) in [5.41, 5.74) is 8.94. The molecule has 0 aliphatic heterocycles. The van der Waals surface area contributed by atoms with Crippen molar-refractivity contribution in [2.45, 2.75) is 0 Å². The Balaban J connectivity index is 1.48. The first-order valence-electron chi connectivity index (χ1n) is 8.96. The van der Waals surface area contributed by atoms with Crippen LogP contribution in [-0.2, 0) is 4.79 Å². The molecule has 0 saturated heterocycles. The van der Waals surface area contributed by atoms with E-state index in [-0.39, 0.29) is 5.91 Å². The Bertz CT molecular complexity index is 963. The molecule has 0 radical (unpaired) electrons. The van der Waals surface area contributed by atoms with Gasteiger partial charge in [0.05, 0.1) is 11.4 Å². The van der Waals surface area contributed by atoms with Gasteiger partial charge in [-0.05, 0) is 41.5 Å². The van der Waals surface area contributed by atoms with Crippen LogP contribution >= 0.6 is 0 Å². The van der Waals surface area contributed by atoms with E-state index in [1.165, 1.54) is 6.08 Å². The highest BCUT2D eigenvalue weighted by Gasteiger charge is 2.01. The van der Waals surface area contributed by atoms with Crippen LogP contribution in [0.1, 0.15) is 11.1 Å². The molecule has 0 aliphatic rings. The summed E-state index contributed by atoms with van der Waals surface area (Å²) in [5.74, 6) is 0.530. The number of hydrogen-bond donors (Lipinski definition) is 3. The lowest BCUT2D eigenvalue weighted by Gasteiger charge is -2.05. The minimum Gasteiger partial charge on any atom is -0.397 e. The topological polar surface area (TPSA) is 80.0 Å². The van der Waals surface area contributed by atoms with E-state index in [1.807, 2.05) is 48.5 Å². The largest absolute Gasteiger partial charge is 0.397 e. The Morgan fingerprint density at radius 1 is 0.929 bits per heavy atom. The molecule has 0 atom stereocenters. The molecule has 0 saturated carbocycles. The lowest BCUT2D eigenvalue weighted by atomic mass is 10.2. The van der Waals surface area contributed by atoms with E-state index in [1.54, 1.807) is 24.4 Å². The summed E-state index contributed by atoms with van der Waals surface area (Å²) in [4.78, 5) is 16.4. The molecular weight excluding hydrogens is 348 g/mol. The van der Waals surface area contributed by atoms with Crippen molar-refractivity contribution in [3.63, 3.8) is 0 Å². The van der Waals surface area contributed by atoms with Crippen molar-refractivity contribution in [3.8, 4) is 0 Å². The second kappa shape index (κ2) is 9.73. The van der Waals surface area contributed by atoms with Crippen LogP contribution in [0.2, 0.25) is 0 Å². The maximum atomic E-state index is 12.0. The molecule has 4 N–H and O–H groups in total. The van der Waals surface area contributed by atoms with E-state index in [0.29, 0.717) is 17.9 Å². The van der Waals surface area contributed by atoms with Crippen LogP contribution in [0.5, 0.6) is 0 Å². The molecule has 0 unspecified atom stereocenters. The predicted octanol–water partition coefficient (Wildman–Crippen LogP) is 4.44. The molecule has 140 valence electrons. The molecule has 1 amide bonds. The van der Waals surface area contributed by atoms with Gasteiger partial charge in [-0.3, -0.25) is 4.79 Å². The maximum absolute atomic E-state index is 12.0. The molecule has 5 heteroatoms. The fourth-order valence-electron chi connectivity index (χ4n) is 2.49. The summed E-state index contributed by atoms with van der Waals surface area (Å²) in [5, 5.41) is 5.98. The average Bonchev–Trinajstić information content (AvgIpc) is 2.73. The van der Waals surface area contributed by atoms with Crippen LogP contribution in [0.25, 0.3) is 12.2 Å². The zero-order chi connectivity index (χ0) is 19.6. The lowest BCUT2D eigenvalue weighted by Crippen LogP contribution is -2.09. The lowest BCUT2D eigenvalue weighted by molar-refractivity contribution is -0.111. The predicted molar refractivity (Wildman–Crippen MR) is 117 cm³/mol. The van der Waals surface area contributed by atoms with Gasteiger partial charge in [0.2, 0.25) is 5.91 Å². The second-order valence-electron chi connectivity index (χ2n) is 6.08. The van der Waals surface area contributed by atoms with Gasteiger partial charge in [0.15, 0.2) is 0 Å². The Morgan fingerprint density at radius 2 is 1.71 bits per heavy atom. The molecule has 3 rings (SSSR count). The normalized spacial score (nSPS) is 11.0. The number of nitrogens with zero attached hydrogens (tertiary/aromatic N) is 1. The molecule has 28 heavy (non-hydrogen) atoms. The van der Waals surface area contributed by atoms with Gasteiger partial charge in [-0.1, -0.05) is 54.6 Å². The number of nitrogens with one attached hydrogen (secondary N) is 2. The highest BCUT2D eigenvalue weighted by molar-refractivity contribution is 6.03. The zero-order valence-corrected chi connectivity index (χ0v) is 15.4. The van der Waals surface area contributed by atoms with Crippen LogP contribution in [0.15, 0.2) is 85.1 Å². The van der Waals surface area contributed by atoms with Crippen LogP contribution in [0.3, 0.4) is 0 Å². The van der Waals surface area contributed by atoms with Gasteiger partial charge < -0.3 is 16.4 Å². The third kappa shape index (κ3) is 5.85. The number of carbonyl (C=O) groups excluding carboxylic acids is 1. The van der Waals surface area contributed by atoms with Crippen LogP contribution in [0.4, 0.5) is 17.2 Å². The standard InChI is InChI=1S/C23H22N4O/c24-20-10-4-5-11-21(20)27-23(28)15-13-19-12-14-22(26-17-19)25-16-6-9-18-7-2-1-3-8-18/h1-15,17H,16,24H2,(H,25,26)(H,27,28)/b9-6+,15-13+. The van der Waals surface area contributed by atoms with Gasteiger partial charge in [0.1, 0.15) is 5.82 Å². The number of rotatable bonds is 7. The number of aromatic nitrogens is 1. The first-order chi connectivity index (χ1) is 13.7. The molecule has 0 bridgehead atoms. The molecule has 5 nitrogen and oxygen atoms in total. The Morgan fingerprint density at radius 3 is 2.46 bits per heavy atom. The zero-order valence-electron chi connectivity index (χ0n) is 15.4. The van der Waals surface area contributed by atoms with E-state index >= 15 is 0 Å². The molecular formula is C23H22N4O. The third-order valence-electron chi connectivity index (χ3n) is 3.94. The average molecular weight is 370 g/mol. The fourth-order valence-corrected chi connectivity index (χ4v) is 2.49. The summed E-state index contributed by atoms with van der Waals surface area (Å²) in [6.45, 7) is 0.679. The summed E-state index contributed by atoms with van der Waals surface area (Å²) >= 11 is 0. The van der Waals surface area contributed by atoms with Gasteiger partial charge >= 0.3 is 0 Å². The molecule has 1 aromatic heterocycles. The van der Waals surface area contributed by atoms with Crippen molar-refractivity contribution < 1.29 is 4.79 Å². The summed E-state index contributed by atoms with van der Waals surface area (Å²) in [7, 11) is 0. The molecule has 0 spiro atoms. The third-order valence-corrected chi connectivity index (χ3v) is 3.94. The van der Waals surface area contributed by atoms with Gasteiger partial charge in [0.25, 0.3) is 0 Å². The van der Waals surface area contributed by atoms with Gasteiger partial charge in [-0.2, -0.15) is 0 Å². The molecule has 3 aromatic rings. The molecule has 0 aliphatic carbocycles. The van der Waals surface area contributed by atoms with Gasteiger partial charge in [-0.25, -0.2) is 4.98 Å². The number of para-hydroxylation sites is 2. The van der Waals surface area contributed by atoms with E-state index in [9.17, 15) is 4.79 Å². The van der Waals surface area contributed by atoms with E-state index in [2.05, 4.69) is 33.8 Å². The Kier molecular flexibility index (Phi) is 6.57. The number of hydrogen-bond acceptors (Lipinski definition) is 4. The summed E-state index contributed by atoms with van der Waals surface area (Å²) < 4.78 is 0. The molecule has 1 heterocycles. The highest BCUT2D eigenvalue weighted by Crippen LogP contribution is 2.16. The van der Waals surface area contributed by atoms with Crippen LogP contribution in [-0.4, -0.2) is 17.4 Å². The Hall–Kier alpha value is -3.86. The SMILES string of the molecule is Nc1ccccc1NC(=O)/C=C/c1ccc(NC/C=C/c2ccccc2)nc1. The summed E-state index contributed by atoms with van der Waals surface area (Å²) in [6, 6.07) is 21.0. The van der Waals surface area contributed by atoms with Crippen LogP contribution in [0, 0.1) is 0 Å². The Labute approximate surface area is 164 Å². The highest BCUT2D eigenvalue weighted by atomic mass is 16.1. The van der Waals surface area contributed by atoms with Crippen LogP contribution < -0.4 is 16.4 Å². The maximum Gasteiger partial charge on any atom is 0.248 e. The number of pyridine rings is 1. The smallest absolute Gasteiger partial charge is 0.248 e. The number of amides is 1. The monoisotopic (exact) mass is 370 g/mol. The molecule has 0 fully saturated rings. The van der Waals surface area contributed by atoms with E-state index in [4.69, 9.17) is 5.73 Å². The minimum absolute atomic E-state index is 0.244. The van der Waals surface area contributed by atoms with E-state index < -0.39 is 0 Å². The minimum atomic E-state index is -0.244. The molecule has 2 aromatic carbocycles. The second-order valence-corrected chi connectivity index (χ2v) is 6.08. The number of anilines is 3. The van der Waals surface area contributed by atoms with Gasteiger partial charge in [-0.15, -0.1) is 0 Å². The fraction of sp³-hybridized carbons (Fsp3) is 0.0435. The number of nitrogens with two attached hydrogens (primary N) is 1. The van der Waals surface area contributed by atoms with Crippen molar-refractivity contribution in [2.75, 3.05) is 22.9 Å². The van der Waals surface area contributed by atoms with Crippen molar-refractivity contribution in [3.05, 3.63) is 96.2 Å². The number of nitrogen functional groups attached to an aromatic ring is 1. The van der Waals surface area contributed by atoms with Crippen molar-refractivity contribution in [1.29, 1.82) is 0 Å². The van der Waals surface area contributed by atoms with Crippen molar-refractivity contribution in [1.82, 2.24) is 4.98 Å². The quantitative estimate of drug-likeness (QED) is 0.424. The number of benzene rings is 2. The number of carbonyl (C=O) groups is 1. The van der Waals surface area contributed by atoms with Crippen molar-refractivity contribution >= 4 is 35.3 Å².